The van der Waals surface area contributed by atoms with Crippen LogP contribution in [0.15, 0.2) is 53.4 Å². The summed E-state index contributed by atoms with van der Waals surface area (Å²) in [6.45, 7) is 2.41. The van der Waals surface area contributed by atoms with Crippen LogP contribution >= 0.6 is 24.0 Å². The Morgan fingerprint density at radius 1 is 1.24 bits per heavy atom. The number of carbonyl (C=O) groups is 2. The molecule has 29 heavy (non-hydrogen) atoms. The van der Waals surface area contributed by atoms with E-state index in [1.54, 1.807) is 12.0 Å². The number of methoxy groups -OCH3 is 1. The van der Waals surface area contributed by atoms with Crippen molar-refractivity contribution >= 4 is 51.9 Å². The summed E-state index contributed by atoms with van der Waals surface area (Å²) in [5.74, 6) is 0.529. The van der Waals surface area contributed by atoms with E-state index in [0.717, 1.165) is 22.6 Å². The van der Waals surface area contributed by atoms with Gasteiger partial charge in [0, 0.05) is 18.7 Å². The lowest BCUT2D eigenvalue weighted by atomic mass is 10.2. The first-order chi connectivity index (χ1) is 14.0. The highest BCUT2D eigenvalue weighted by atomic mass is 32.2. The lowest BCUT2D eigenvalue weighted by Crippen LogP contribution is -2.29. The predicted octanol–water partition coefficient (Wildman–Crippen LogP) is 4.62. The van der Waals surface area contributed by atoms with Gasteiger partial charge in [0.15, 0.2) is 0 Å². The van der Waals surface area contributed by atoms with E-state index in [0.29, 0.717) is 28.6 Å². The number of benzene rings is 2. The Morgan fingerprint density at radius 3 is 2.72 bits per heavy atom. The van der Waals surface area contributed by atoms with Crippen molar-refractivity contribution in [3.05, 3.63) is 64.6 Å². The molecule has 0 unspecified atom stereocenters. The van der Waals surface area contributed by atoms with Crippen molar-refractivity contribution in [2.75, 3.05) is 19.0 Å². The largest absolute Gasteiger partial charge is 0.497 e. The molecular formula is C22H22N2O3S2. The molecule has 1 aliphatic rings. The molecule has 0 saturated carbocycles. The number of hydrogen-bond donors (Lipinski definition) is 1. The Hall–Kier alpha value is -2.64. The smallest absolute Gasteiger partial charge is 0.266 e. The third-order valence-electron chi connectivity index (χ3n) is 4.39. The summed E-state index contributed by atoms with van der Waals surface area (Å²) >= 11 is 6.64. The monoisotopic (exact) mass is 426 g/mol. The third-order valence-corrected chi connectivity index (χ3v) is 5.76. The normalized spacial score (nSPS) is 15.1. The van der Waals surface area contributed by atoms with E-state index in [4.69, 9.17) is 17.0 Å². The zero-order valence-electron chi connectivity index (χ0n) is 16.3. The number of nitrogens with zero attached hydrogens (tertiary/aromatic N) is 1. The average Bonchev–Trinajstić information content (AvgIpc) is 2.97. The summed E-state index contributed by atoms with van der Waals surface area (Å²) < 4.78 is 5.73. The quantitative estimate of drug-likeness (QED) is 0.517. The fourth-order valence-corrected chi connectivity index (χ4v) is 4.14. The van der Waals surface area contributed by atoms with Gasteiger partial charge in [0.1, 0.15) is 10.1 Å². The zero-order valence-corrected chi connectivity index (χ0v) is 17.9. The maximum atomic E-state index is 12.7. The first-order valence-electron chi connectivity index (χ1n) is 9.22. The lowest BCUT2D eigenvalue weighted by Gasteiger charge is -2.14. The van der Waals surface area contributed by atoms with E-state index in [-0.39, 0.29) is 11.8 Å². The fourth-order valence-electron chi connectivity index (χ4n) is 2.83. The number of ether oxygens (including phenoxy) is 1. The van der Waals surface area contributed by atoms with Gasteiger partial charge in [-0.05, 0) is 49.2 Å². The standard InChI is InChI=1S/C22H22N2O3S2/c1-15-8-10-17(11-9-15)23-20(25)7-4-12-24-21(26)19(29-22(24)28)14-16-5-3-6-18(13-16)27-2/h3,5-6,8-11,13-14H,4,7,12H2,1-2H3,(H,23,25). The van der Waals surface area contributed by atoms with Crippen LogP contribution in [0.4, 0.5) is 5.69 Å². The van der Waals surface area contributed by atoms with Crippen LogP contribution in [0.5, 0.6) is 5.75 Å². The topological polar surface area (TPSA) is 58.6 Å². The molecule has 1 heterocycles. The van der Waals surface area contributed by atoms with E-state index in [2.05, 4.69) is 5.32 Å². The van der Waals surface area contributed by atoms with Crippen molar-refractivity contribution in [1.82, 2.24) is 4.90 Å². The van der Waals surface area contributed by atoms with Crippen LogP contribution in [-0.4, -0.2) is 34.7 Å². The zero-order chi connectivity index (χ0) is 20.8. The van der Waals surface area contributed by atoms with E-state index in [9.17, 15) is 9.59 Å². The van der Waals surface area contributed by atoms with Gasteiger partial charge in [-0.3, -0.25) is 14.5 Å². The molecule has 1 aliphatic heterocycles. The summed E-state index contributed by atoms with van der Waals surface area (Å²) in [4.78, 5) is 27.0. The van der Waals surface area contributed by atoms with Crippen LogP contribution in [0.3, 0.4) is 0 Å². The number of anilines is 1. The van der Waals surface area contributed by atoms with Gasteiger partial charge in [-0.1, -0.05) is 53.8 Å². The molecule has 1 fully saturated rings. The molecule has 150 valence electrons. The molecule has 2 aromatic carbocycles. The van der Waals surface area contributed by atoms with Gasteiger partial charge >= 0.3 is 0 Å². The van der Waals surface area contributed by atoms with E-state index in [1.165, 1.54) is 11.8 Å². The number of amides is 2. The van der Waals surface area contributed by atoms with Gasteiger partial charge in [0.2, 0.25) is 5.91 Å². The van der Waals surface area contributed by atoms with Crippen molar-refractivity contribution in [3.63, 3.8) is 0 Å². The van der Waals surface area contributed by atoms with Gasteiger partial charge in [-0.15, -0.1) is 0 Å². The third kappa shape index (κ3) is 5.68. The Bertz CT molecular complexity index is 955. The molecule has 0 aromatic heterocycles. The molecule has 7 heteroatoms. The van der Waals surface area contributed by atoms with Crippen molar-refractivity contribution in [2.24, 2.45) is 0 Å². The summed E-state index contributed by atoms with van der Waals surface area (Å²) in [6.07, 6.45) is 2.67. The number of rotatable bonds is 7. The van der Waals surface area contributed by atoms with E-state index < -0.39 is 0 Å². The van der Waals surface area contributed by atoms with Crippen molar-refractivity contribution < 1.29 is 14.3 Å². The van der Waals surface area contributed by atoms with Crippen LogP contribution in [-0.2, 0) is 9.59 Å². The molecule has 3 rings (SSSR count). The molecule has 0 aliphatic carbocycles. The minimum Gasteiger partial charge on any atom is -0.497 e. The number of nitrogens with one attached hydrogen (secondary N) is 1. The Balaban J connectivity index is 1.54. The first kappa shape index (κ1) is 21.1. The molecule has 1 saturated heterocycles. The highest BCUT2D eigenvalue weighted by Gasteiger charge is 2.31. The van der Waals surface area contributed by atoms with Gasteiger partial charge in [-0.25, -0.2) is 0 Å². The molecule has 2 aromatic rings. The summed E-state index contributed by atoms with van der Waals surface area (Å²) in [5, 5.41) is 2.87. The van der Waals surface area contributed by atoms with Crippen molar-refractivity contribution in [3.8, 4) is 5.75 Å². The molecule has 5 nitrogen and oxygen atoms in total. The van der Waals surface area contributed by atoms with Crippen LogP contribution in [0.25, 0.3) is 6.08 Å². The maximum absolute atomic E-state index is 12.7. The molecule has 0 spiro atoms. The maximum Gasteiger partial charge on any atom is 0.266 e. The van der Waals surface area contributed by atoms with Gasteiger partial charge in [0.25, 0.3) is 5.91 Å². The van der Waals surface area contributed by atoms with Gasteiger partial charge in [-0.2, -0.15) is 0 Å². The Kier molecular flexibility index (Phi) is 7.06. The average molecular weight is 427 g/mol. The van der Waals surface area contributed by atoms with Crippen LogP contribution in [0.2, 0.25) is 0 Å². The predicted molar refractivity (Wildman–Crippen MR) is 122 cm³/mol. The molecular weight excluding hydrogens is 404 g/mol. The second-order valence-corrected chi connectivity index (χ2v) is 8.30. The first-order valence-corrected chi connectivity index (χ1v) is 10.4. The summed E-state index contributed by atoms with van der Waals surface area (Å²) in [6, 6.07) is 15.1. The second-order valence-electron chi connectivity index (χ2n) is 6.63. The fraction of sp³-hybridized carbons (Fsp3) is 0.227. The molecule has 0 atom stereocenters. The highest BCUT2D eigenvalue weighted by Crippen LogP contribution is 2.33. The number of carbonyl (C=O) groups excluding carboxylic acids is 2. The second kappa shape index (κ2) is 9.71. The van der Waals surface area contributed by atoms with Gasteiger partial charge in [0.05, 0.1) is 12.0 Å². The molecule has 1 N–H and O–H groups in total. The van der Waals surface area contributed by atoms with E-state index in [1.807, 2.05) is 61.5 Å². The SMILES string of the molecule is COc1cccc(C=C2SC(=S)N(CCCC(=O)Nc3ccc(C)cc3)C2=O)c1. The van der Waals surface area contributed by atoms with Gasteiger partial charge < -0.3 is 10.1 Å². The van der Waals surface area contributed by atoms with Crippen LogP contribution in [0, 0.1) is 6.92 Å². The van der Waals surface area contributed by atoms with Crippen LogP contribution in [0.1, 0.15) is 24.0 Å². The Morgan fingerprint density at radius 2 is 2.00 bits per heavy atom. The minimum atomic E-state index is -0.123. The molecule has 2 amide bonds. The van der Waals surface area contributed by atoms with Crippen LogP contribution < -0.4 is 10.1 Å². The highest BCUT2D eigenvalue weighted by molar-refractivity contribution is 8.26. The summed E-state index contributed by atoms with van der Waals surface area (Å²) in [7, 11) is 1.60. The van der Waals surface area contributed by atoms with Crippen molar-refractivity contribution in [2.45, 2.75) is 19.8 Å². The number of hydrogen-bond acceptors (Lipinski definition) is 5. The van der Waals surface area contributed by atoms with Crippen molar-refractivity contribution in [1.29, 1.82) is 0 Å². The number of thiocarbonyl (C=S) groups is 1. The summed E-state index contributed by atoms with van der Waals surface area (Å²) in [5.41, 5.74) is 2.79. The lowest BCUT2D eigenvalue weighted by molar-refractivity contribution is -0.122. The molecule has 0 radical (unpaired) electrons. The van der Waals surface area contributed by atoms with E-state index >= 15 is 0 Å². The molecule has 0 bridgehead atoms. The Labute approximate surface area is 180 Å². The number of aryl methyl sites for hydroxylation is 1. The minimum absolute atomic E-state index is 0.0776. The number of thioether (sulfide) groups is 1.